The van der Waals surface area contributed by atoms with E-state index in [0.29, 0.717) is 62.7 Å². The van der Waals surface area contributed by atoms with Gasteiger partial charge in [-0.25, -0.2) is 16.8 Å². The van der Waals surface area contributed by atoms with Gasteiger partial charge in [0.05, 0.1) is 56.1 Å². The number of anilines is 6. The Kier molecular flexibility index (Phi) is 34.8. The predicted molar refractivity (Wildman–Crippen MR) is 434 cm³/mol. The van der Waals surface area contributed by atoms with Gasteiger partial charge in [0.1, 0.15) is 0 Å². The first-order valence-electron chi connectivity index (χ1n) is 39.4. The summed E-state index contributed by atoms with van der Waals surface area (Å²) < 4.78 is 58.3. The average molecular weight is 1670 g/mol. The van der Waals surface area contributed by atoms with E-state index in [1.807, 2.05) is 60.7 Å². The van der Waals surface area contributed by atoms with Crippen LogP contribution in [0.1, 0.15) is 201 Å². The number of carboxylic acid groups (broad SMARTS) is 4. The number of hydrogen-bond acceptors (Lipinski definition) is 16. The first kappa shape index (κ1) is 92.1. The average Bonchev–Trinajstić information content (AvgIpc) is 0.794. The molecule has 8 aromatic carbocycles. The number of aromatic carboxylic acids is 2. The first-order valence-corrected chi connectivity index (χ1v) is 42.2. The summed E-state index contributed by atoms with van der Waals surface area (Å²) in [5.74, 6) is -7.04. The molecule has 0 unspecified atom stereocenters. The standard InChI is InChI=1S/2C44H50N4O8S.2K/c2*1-2-48(36-22-18-33(19-23-36)44(53)54)57(55,56)38-11-7-10-34(28-38)41(49)46-40-25-24-37(47-26-4-3-5-27-47)29-39(40)42(50)45-35-20-14-31(15-21-35)9-6-8-30-12-16-32(17-13-30)43(51)52;;/h2*7,10-17,20-21,24-25,28-29,33,36H,2-6,8-9,18-19,22-23,26-27H2,1H3,(H,45,50)(H,46,49)(H,51,52)(H,53,54);;/q;;2*+1/p-2. The number of benzene rings is 8. The molecular formula is C88H98K2N8O16S2. The third kappa shape index (κ3) is 24.7. The van der Waals surface area contributed by atoms with Crippen molar-refractivity contribution in [3.8, 4) is 0 Å². The van der Waals surface area contributed by atoms with E-state index in [1.54, 1.807) is 86.6 Å². The Morgan fingerprint density at radius 3 is 1.01 bits per heavy atom. The summed E-state index contributed by atoms with van der Waals surface area (Å²) in [6.45, 7) is 7.34. The minimum absolute atomic E-state index is 0. The molecule has 0 atom stereocenters. The van der Waals surface area contributed by atoms with Crippen LogP contribution in [0.4, 0.5) is 34.1 Å². The molecule has 2 aliphatic carbocycles. The Labute approximate surface area is 763 Å². The topological polar surface area (TPSA) is 352 Å². The van der Waals surface area contributed by atoms with Crippen LogP contribution in [0, 0.1) is 11.8 Å². The first-order chi connectivity index (χ1) is 54.8. The van der Waals surface area contributed by atoms with Crippen LogP contribution in [0.15, 0.2) is 192 Å². The fourth-order valence-electron chi connectivity index (χ4n) is 15.6. The molecule has 0 radical (unpaired) electrons. The number of carbonyl (C=O) groups is 8. The van der Waals surface area contributed by atoms with E-state index in [-0.39, 0.29) is 182 Å². The van der Waals surface area contributed by atoms with Crippen LogP contribution in [-0.2, 0) is 55.3 Å². The van der Waals surface area contributed by atoms with Crippen LogP contribution in [0.3, 0.4) is 0 Å². The molecule has 0 spiro atoms. The number of nitrogens with zero attached hydrogens (tertiary/aromatic N) is 4. The summed E-state index contributed by atoms with van der Waals surface area (Å²) in [6.07, 6.45) is 14.7. The molecule has 4 aliphatic rings. The Morgan fingerprint density at radius 2 is 0.707 bits per heavy atom. The Hall–Kier alpha value is -7.79. The Bertz CT molecular complexity index is 4680. The van der Waals surface area contributed by atoms with Crippen molar-refractivity contribution in [3.63, 3.8) is 0 Å². The van der Waals surface area contributed by atoms with Gasteiger partial charge in [-0.3, -0.25) is 28.8 Å². The summed E-state index contributed by atoms with van der Waals surface area (Å²) in [4.78, 5) is 105. The summed E-state index contributed by atoms with van der Waals surface area (Å²) in [6, 6.07) is 50.2. The quantitative estimate of drug-likeness (QED) is 0.0253. The molecule has 28 heteroatoms. The number of aryl methyl sites for hydroxylation is 4. The van der Waals surface area contributed by atoms with Crippen LogP contribution in [0.2, 0.25) is 0 Å². The third-order valence-electron chi connectivity index (χ3n) is 22.0. The normalized spacial score (nSPS) is 16.9. The van der Waals surface area contributed by atoms with E-state index >= 15 is 0 Å². The molecule has 4 fully saturated rings. The van der Waals surface area contributed by atoms with Gasteiger partial charge in [-0.15, -0.1) is 0 Å². The van der Waals surface area contributed by atoms with Crippen molar-refractivity contribution in [3.05, 3.63) is 238 Å². The molecule has 8 aromatic rings. The molecule has 2 saturated carbocycles. The molecule has 2 aliphatic heterocycles. The summed E-state index contributed by atoms with van der Waals surface area (Å²) in [5.41, 5.74) is 8.73. The maximum Gasteiger partial charge on any atom is 1.00 e. The van der Waals surface area contributed by atoms with Crippen LogP contribution in [0.5, 0.6) is 0 Å². The summed E-state index contributed by atoms with van der Waals surface area (Å²) in [5, 5.41) is 52.5. The van der Waals surface area contributed by atoms with Crippen molar-refractivity contribution in [2.75, 3.05) is 70.3 Å². The Balaban J connectivity index is 0.000000261. The van der Waals surface area contributed by atoms with Crippen molar-refractivity contribution >= 4 is 102 Å². The van der Waals surface area contributed by atoms with Crippen LogP contribution >= 0.6 is 0 Å². The van der Waals surface area contributed by atoms with E-state index in [1.165, 1.54) is 57.1 Å². The molecule has 0 bridgehead atoms. The number of rotatable bonds is 30. The van der Waals surface area contributed by atoms with Gasteiger partial charge >= 0.3 is 115 Å². The van der Waals surface area contributed by atoms with E-state index in [0.717, 1.165) is 137 Å². The number of piperidine rings is 2. The molecule has 2 heterocycles. The minimum atomic E-state index is -4.00. The van der Waals surface area contributed by atoms with Crippen LogP contribution < -0.4 is 144 Å². The maximum atomic E-state index is 13.9. The van der Waals surface area contributed by atoms with Gasteiger partial charge in [-0.2, -0.15) is 8.61 Å². The molecule has 116 heavy (non-hydrogen) atoms. The number of amides is 4. The van der Waals surface area contributed by atoms with Crippen molar-refractivity contribution in [2.24, 2.45) is 11.8 Å². The molecule has 6 N–H and O–H groups in total. The van der Waals surface area contributed by atoms with Gasteiger partial charge in [0.2, 0.25) is 20.0 Å². The smallest absolute Gasteiger partial charge is 0.545 e. The van der Waals surface area contributed by atoms with Crippen molar-refractivity contribution < 1.29 is 178 Å². The van der Waals surface area contributed by atoms with E-state index < -0.39 is 79.4 Å². The molecular weight excluding hydrogens is 1570 g/mol. The summed E-state index contributed by atoms with van der Waals surface area (Å²) in [7, 11) is -8.00. The monoisotopic (exact) mass is 1660 g/mol. The van der Waals surface area contributed by atoms with Gasteiger partial charge in [-0.1, -0.05) is 98.8 Å². The zero-order valence-corrected chi connectivity index (χ0v) is 74.1. The van der Waals surface area contributed by atoms with Crippen LogP contribution in [0.25, 0.3) is 0 Å². The zero-order chi connectivity index (χ0) is 81.1. The molecule has 24 nitrogen and oxygen atoms in total. The van der Waals surface area contributed by atoms with E-state index in [4.69, 9.17) is 0 Å². The second-order valence-electron chi connectivity index (χ2n) is 29.6. The van der Waals surface area contributed by atoms with Gasteiger partial charge in [-0.05, 0) is 259 Å². The molecule has 600 valence electrons. The largest absolute Gasteiger partial charge is 1.00 e. The maximum absolute atomic E-state index is 13.9. The zero-order valence-electron chi connectivity index (χ0n) is 66.2. The number of nitrogens with one attached hydrogen (secondary N) is 4. The minimum Gasteiger partial charge on any atom is -0.545 e. The van der Waals surface area contributed by atoms with Gasteiger partial charge < -0.3 is 61.1 Å². The SMILES string of the molecule is CCN(C1CCC(C(=O)O)CC1)S(=O)(=O)c1cccc(C(=O)Nc2ccc(N3CCCCC3)cc2C(=O)Nc2ccc(CCCc3ccc(C(=O)[O-])cc3)cc2)c1.CCN(C1CCC(C(=O)O)CC1)S(=O)(=O)c1cccc(C(=O)Nc2ccc(N3CCCCC3)cc2C(=O)Nc2ccc(CCCc3ccc(C(=O)[O-])cc3)cc2)c1.[K+].[K+]. The molecule has 4 amide bonds. The molecule has 0 aromatic heterocycles. The fraction of sp³-hybridized carbons (Fsp3) is 0.364. The number of carboxylic acids is 4. The third-order valence-corrected chi connectivity index (χ3v) is 26.1. The van der Waals surface area contributed by atoms with E-state index in [9.17, 15) is 75.6 Å². The van der Waals surface area contributed by atoms with Crippen LogP contribution in [-0.4, -0.2) is 135 Å². The number of aliphatic carboxylic acids is 2. The van der Waals surface area contributed by atoms with Crippen molar-refractivity contribution in [1.82, 2.24) is 8.61 Å². The van der Waals surface area contributed by atoms with Gasteiger partial charge in [0.15, 0.2) is 0 Å². The number of hydrogen-bond donors (Lipinski definition) is 6. The van der Waals surface area contributed by atoms with Gasteiger partial charge in [0, 0.05) is 85.2 Å². The predicted octanol–water partition coefficient (Wildman–Crippen LogP) is 6.76. The van der Waals surface area contributed by atoms with E-state index in [2.05, 4.69) is 31.1 Å². The molecule has 12 rings (SSSR count). The van der Waals surface area contributed by atoms with Crippen molar-refractivity contribution in [2.45, 2.75) is 164 Å². The number of sulfonamides is 2. The molecule has 2 saturated heterocycles. The number of carbonyl (C=O) groups excluding carboxylic acids is 6. The fourth-order valence-corrected chi connectivity index (χ4v) is 19.1. The van der Waals surface area contributed by atoms with Crippen molar-refractivity contribution in [1.29, 1.82) is 0 Å². The second-order valence-corrected chi connectivity index (χ2v) is 33.4. The van der Waals surface area contributed by atoms with Gasteiger partial charge in [0.25, 0.3) is 23.6 Å². The summed E-state index contributed by atoms with van der Waals surface area (Å²) >= 11 is 0. The Morgan fingerprint density at radius 1 is 0.388 bits per heavy atom. The second kappa shape index (κ2) is 43.8.